The predicted molar refractivity (Wildman–Crippen MR) is 196 cm³/mol. The largest absolute Gasteiger partial charge is 0.497 e. The molecule has 11 heteroatoms. The number of benzene rings is 2. The number of ether oxygens (including phenoxy) is 1. The van der Waals surface area contributed by atoms with Crippen LogP contribution in [0.5, 0.6) is 5.75 Å². The molecule has 1 amide bonds. The van der Waals surface area contributed by atoms with E-state index in [2.05, 4.69) is 36.4 Å². The Morgan fingerprint density at radius 1 is 1.14 bits per heavy atom. The molecule has 2 aromatic carbocycles. The van der Waals surface area contributed by atoms with Gasteiger partial charge < -0.3 is 20.3 Å². The minimum Gasteiger partial charge on any atom is -0.497 e. The van der Waals surface area contributed by atoms with Crippen LogP contribution in [0.3, 0.4) is 0 Å². The van der Waals surface area contributed by atoms with E-state index in [9.17, 15) is 14.0 Å². The van der Waals surface area contributed by atoms with Gasteiger partial charge in [-0.1, -0.05) is 40.7 Å². The van der Waals surface area contributed by atoms with Crippen LogP contribution in [0.4, 0.5) is 10.1 Å². The summed E-state index contributed by atoms with van der Waals surface area (Å²) in [6, 6.07) is 14.0. The third-order valence-electron chi connectivity index (χ3n) is 10.9. The van der Waals surface area contributed by atoms with Crippen LogP contribution in [0.25, 0.3) is 22.3 Å². The number of piperazine rings is 1. The minimum atomic E-state index is -0.387. The van der Waals surface area contributed by atoms with E-state index in [0.717, 1.165) is 12.1 Å². The second kappa shape index (κ2) is 14.6. The van der Waals surface area contributed by atoms with Crippen molar-refractivity contribution >= 4 is 28.5 Å². The van der Waals surface area contributed by atoms with Crippen LogP contribution < -0.4 is 20.9 Å². The lowest BCUT2D eigenvalue weighted by molar-refractivity contribution is -0.122. The number of halogens is 1. The number of aliphatic imine (C=N–C) groups is 1. The molecule has 2 N–H and O–H groups in total. The van der Waals surface area contributed by atoms with Crippen molar-refractivity contribution in [1.82, 2.24) is 24.8 Å². The first-order valence-electron chi connectivity index (χ1n) is 17.8. The lowest BCUT2D eigenvalue weighted by Crippen LogP contribution is -2.57. The van der Waals surface area contributed by atoms with E-state index in [1.54, 1.807) is 41.2 Å². The zero-order valence-corrected chi connectivity index (χ0v) is 29.9. The maximum atomic E-state index is 14.8. The third-order valence-corrected chi connectivity index (χ3v) is 10.9. The van der Waals surface area contributed by atoms with Gasteiger partial charge in [-0.3, -0.25) is 19.1 Å². The number of carbonyl (C=O) groups is 1. The topological polar surface area (TPSA) is 114 Å². The Kier molecular flexibility index (Phi) is 10.2. The summed E-state index contributed by atoms with van der Waals surface area (Å²) >= 11 is 0. The molecule has 3 saturated carbocycles. The summed E-state index contributed by atoms with van der Waals surface area (Å²) < 4.78 is 21.5. The van der Waals surface area contributed by atoms with E-state index >= 15 is 0 Å². The molecule has 1 aliphatic heterocycles. The number of aryl methyl sites for hydroxylation is 1. The fraction of sp³-hybridized carbons (Fsp3) is 0.462. The van der Waals surface area contributed by atoms with Crippen molar-refractivity contribution in [2.24, 2.45) is 28.2 Å². The van der Waals surface area contributed by atoms with Crippen molar-refractivity contribution in [3.8, 4) is 17.1 Å². The maximum Gasteiger partial charge on any atom is 0.261 e. The van der Waals surface area contributed by atoms with Gasteiger partial charge in [0.25, 0.3) is 5.56 Å². The van der Waals surface area contributed by atoms with Gasteiger partial charge in [0.15, 0.2) is 5.96 Å². The number of anilines is 1. The molecule has 2 aromatic heterocycles. The normalized spacial score (nSPS) is 22.6. The molecule has 3 aliphatic carbocycles. The Balaban J connectivity index is 0.00000212. The fourth-order valence-electron chi connectivity index (χ4n) is 7.90. The maximum absolute atomic E-state index is 14.8. The number of amides is 1. The van der Waals surface area contributed by atoms with Crippen molar-refractivity contribution in [2.45, 2.75) is 66.5 Å². The van der Waals surface area contributed by atoms with Crippen LogP contribution in [0.1, 0.15) is 53.0 Å². The average molecular weight is 682 g/mol. The van der Waals surface area contributed by atoms with Crippen LogP contribution in [0, 0.1) is 29.0 Å². The van der Waals surface area contributed by atoms with Crippen LogP contribution in [0.15, 0.2) is 70.7 Å². The number of aromatic nitrogens is 3. The molecular formula is C39H48FN7O3. The highest BCUT2D eigenvalue weighted by Gasteiger charge is 2.56. The predicted octanol–water partition coefficient (Wildman–Crippen LogP) is 6.15. The number of fused-ring (bicyclic) bond motifs is 3. The summed E-state index contributed by atoms with van der Waals surface area (Å²) in [6.45, 7) is 12.7. The molecule has 0 radical (unpaired) electrons. The monoisotopic (exact) mass is 681 g/mol. The number of nitrogens with one attached hydrogen (secondary N) is 2. The van der Waals surface area contributed by atoms with Gasteiger partial charge in [-0.05, 0) is 84.4 Å². The van der Waals surface area contributed by atoms with Crippen molar-refractivity contribution in [3.63, 3.8) is 0 Å². The molecule has 50 heavy (non-hydrogen) atoms. The average Bonchev–Trinajstić information content (AvgIpc) is 3.13. The number of hydrogen-bond donors (Lipinski definition) is 2. The van der Waals surface area contributed by atoms with Crippen LogP contribution in [-0.4, -0.2) is 64.1 Å². The molecule has 1 saturated heterocycles. The summed E-state index contributed by atoms with van der Waals surface area (Å²) in [5.41, 5.74) is 2.52. The van der Waals surface area contributed by atoms with Crippen molar-refractivity contribution < 1.29 is 13.9 Å². The lowest BCUT2D eigenvalue weighted by Gasteiger charge is -2.61. The molecule has 3 heterocycles. The van der Waals surface area contributed by atoms with Gasteiger partial charge in [-0.2, -0.15) is 0 Å². The van der Waals surface area contributed by atoms with Gasteiger partial charge in [0.1, 0.15) is 17.4 Å². The van der Waals surface area contributed by atoms with E-state index in [1.807, 2.05) is 36.9 Å². The Bertz CT molecular complexity index is 1940. The smallest absolute Gasteiger partial charge is 0.261 e. The Labute approximate surface area is 293 Å². The van der Waals surface area contributed by atoms with Gasteiger partial charge in [-0.15, -0.1) is 0 Å². The molecule has 264 valence electrons. The first kappa shape index (κ1) is 35.0. The highest BCUT2D eigenvalue weighted by Crippen LogP contribution is 2.61. The Morgan fingerprint density at radius 3 is 2.64 bits per heavy atom. The molecule has 0 unspecified atom stereocenters. The Morgan fingerprint density at radius 2 is 1.96 bits per heavy atom. The number of pyridine rings is 1. The van der Waals surface area contributed by atoms with Gasteiger partial charge in [0.05, 0.1) is 30.6 Å². The number of methoxy groups -OCH3 is 1. The molecule has 4 fully saturated rings. The second-order valence-corrected chi connectivity index (χ2v) is 13.9. The van der Waals surface area contributed by atoms with Gasteiger partial charge in [-0.25, -0.2) is 14.4 Å². The quantitative estimate of drug-likeness (QED) is 0.178. The third kappa shape index (κ3) is 6.82. The molecule has 4 aromatic rings. The molecule has 0 spiro atoms. The number of hydrogen-bond acceptors (Lipinski definition) is 6. The number of rotatable bonds is 7. The second-order valence-electron chi connectivity index (χ2n) is 13.9. The van der Waals surface area contributed by atoms with Crippen molar-refractivity contribution in [3.05, 3.63) is 82.7 Å². The number of guanidine groups is 1. The summed E-state index contributed by atoms with van der Waals surface area (Å²) in [5, 5.41) is 6.88. The molecule has 10 nitrogen and oxygen atoms in total. The molecule has 8 rings (SSSR count). The van der Waals surface area contributed by atoms with Crippen LogP contribution in [0.2, 0.25) is 0 Å². The van der Waals surface area contributed by atoms with E-state index in [-0.39, 0.29) is 42.8 Å². The molecular weight excluding hydrogens is 633 g/mol. The summed E-state index contributed by atoms with van der Waals surface area (Å²) in [4.78, 5) is 43.0. The molecule has 4 atom stereocenters. The first-order chi connectivity index (χ1) is 24.1. The fourth-order valence-corrected chi connectivity index (χ4v) is 7.90. The lowest BCUT2D eigenvalue weighted by atomic mass is 9.45. The van der Waals surface area contributed by atoms with E-state index in [4.69, 9.17) is 14.7 Å². The van der Waals surface area contributed by atoms with E-state index < -0.39 is 0 Å². The zero-order chi connectivity index (χ0) is 35.6. The number of nitrogens with zero attached hydrogens (tertiary/aromatic N) is 5. The van der Waals surface area contributed by atoms with Crippen molar-refractivity contribution in [1.29, 1.82) is 0 Å². The first-order valence-corrected chi connectivity index (χ1v) is 17.8. The number of carbonyl (C=O) groups excluding carboxylic acids is 1. The highest BCUT2D eigenvalue weighted by atomic mass is 19.1. The van der Waals surface area contributed by atoms with Gasteiger partial charge in [0.2, 0.25) is 5.91 Å². The van der Waals surface area contributed by atoms with E-state index in [1.165, 1.54) is 19.6 Å². The highest BCUT2D eigenvalue weighted by molar-refractivity contribution is 5.98. The summed E-state index contributed by atoms with van der Waals surface area (Å²) in [5.74, 6) is 2.85. The molecule has 4 aliphatic rings. The minimum absolute atomic E-state index is 0.0345. The SMILES string of the molecule is CC.COc1ccc(CCn2c(-c3cccnc3)nc3cc(NC(=N[C@H]4C[C@H]5C[C@@H]([C@@H]4C)C5(C)C)N4CCNC(=O)C4)ccc3c2=O)c(F)c1. The van der Waals surface area contributed by atoms with Crippen LogP contribution >= 0.6 is 0 Å². The standard InChI is InChI=1S/C37H42FN7O3.C2H6/c1-22-29-16-25(37(29,2)3)17-31(22)43-36(44-15-13-40-33(46)21-44)41-26-8-10-28-32(18-26)42-34(24-6-5-12-39-20-24)45(35(28)47)14-11-23-7-9-27(48-4)19-30(23)38;1-2/h5-10,12,18-20,22,25,29,31H,11,13-17,21H2,1-4H3,(H,40,46)(H,41,43);1-2H3/t22-,25+,29-,31-;/m0./s1. The summed E-state index contributed by atoms with van der Waals surface area (Å²) in [7, 11) is 1.50. The summed E-state index contributed by atoms with van der Waals surface area (Å²) in [6.07, 6.45) is 5.92. The molecule has 2 bridgehead atoms. The van der Waals surface area contributed by atoms with Crippen LogP contribution in [-0.2, 0) is 17.8 Å². The van der Waals surface area contributed by atoms with Crippen molar-refractivity contribution in [2.75, 3.05) is 32.1 Å². The van der Waals surface area contributed by atoms with Gasteiger partial charge in [0, 0.05) is 49.3 Å². The van der Waals surface area contributed by atoms with Gasteiger partial charge >= 0.3 is 0 Å². The zero-order valence-electron chi connectivity index (χ0n) is 29.9. The Hall–Kier alpha value is -4.80. The van der Waals surface area contributed by atoms with E-state index in [0.29, 0.717) is 75.8 Å².